The highest BCUT2D eigenvalue weighted by Gasteiger charge is 2.31. The van der Waals surface area contributed by atoms with Gasteiger partial charge < -0.3 is 9.42 Å². The van der Waals surface area contributed by atoms with E-state index in [0.717, 1.165) is 30.5 Å². The van der Waals surface area contributed by atoms with Gasteiger partial charge in [0.05, 0.1) is 29.2 Å². The van der Waals surface area contributed by atoms with Crippen LogP contribution in [-0.2, 0) is 6.54 Å². The second-order valence-corrected chi connectivity index (χ2v) is 6.28. The predicted molar refractivity (Wildman–Crippen MR) is 87.6 cm³/mol. The van der Waals surface area contributed by atoms with Crippen molar-refractivity contribution in [3.05, 3.63) is 41.5 Å². The zero-order valence-electron chi connectivity index (χ0n) is 13.8. The van der Waals surface area contributed by atoms with Gasteiger partial charge in [0.1, 0.15) is 0 Å². The molecule has 1 saturated heterocycles. The van der Waals surface area contributed by atoms with Gasteiger partial charge >= 0.3 is 0 Å². The smallest absolute Gasteiger partial charge is 0.258 e. The van der Waals surface area contributed by atoms with Gasteiger partial charge in [-0.15, -0.1) is 0 Å². The van der Waals surface area contributed by atoms with Gasteiger partial charge in [0, 0.05) is 24.6 Å². The normalized spacial score (nSPS) is 17.8. The van der Waals surface area contributed by atoms with Crippen LogP contribution in [0.3, 0.4) is 0 Å². The summed E-state index contributed by atoms with van der Waals surface area (Å²) in [5.74, 6) is 0.0199. The molecule has 0 unspecified atom stereocenters. The lowest BCUT2D eigenvalue weighted by Crippen LogP contribution is -2.38. The van der Waals surface area contributed by atoms with E-state index in [2.05, 4.69) is 15.2 Å². The minimum atomic E-state index is 0.0199. The number of amides is 1. The van der Waals surface area contributed by atoms with Crippen LogP contribution in [0.15, 0.2) is 29.0 Å². The van der Waals surface area contributed by atoms with Crippen molar-refractivity contribution in [1.82, 2.24) is 24.8 Å². The Balaban J connectivity index is 1.69. The molecule has 0 radical (unpaired) electrons. The molecule has 0 aromatic carbocycles. The molecule has 7 heteroatoms. The number of aromatic nitrogens is 4. The highest BCUT2D eigenvalue weighted by Crippen LogP contribution is 2.27. The standard InChI is InChI=1S/C17H19N5O2/c1-11-9-14(15-12(2)20-24-16(15)19-11)17(23)22-8-3-5-13(22)10-21-7-4-6-18-21/h4,6-7,9,13H,3,5,8,10H2,1-2H3/t13-/m1/s1. The van der Waals surface area contributed by atoms with Crippen LogP contribution < -0.4 is 0 Å². The molecule has 1 aliphatic heterocycles. The van der Waals surface area contributed by atoms with Gasteiger partial charge in [-0.1, -0.05) is 5.16 Å². The molecule has 0 bridgehead atoms. The maximum absolute atomic E-state index is 13.2. The van der Waals surface area contributed by atoms with E-state index in [1.807, 2.05) is 41.8 Å². The van der Waals surface area contributed by atoms with Gasteiger partial charge in [0.25, 0.3) is 11.6 Å². The van der Waals surface area contributed by atoms with E-state index in [1.54, 1.807) is 6.20 Å². The molecule has 3 aromatic rings. The summed E-state index contributed by atoms with van der Waals surface area (Å²) in [7, 11) is 0. The number of hydrogen-bond acceptors (Lipinski definition) is 5. The zero-order valence-corrected chi connectivity index (χ0v) is 13.8. The third-order valence-corrected chi connectivity index (χ3v) is 4.57. The van der Waals surface area contributed by atoms with E-state index in [0.29, 0.717) is 23.5 Å². The average Bonchev–Trinajstić information content (AvgIpc) is 3.29. The summed E-state index contributed by atoms with van der Waals surface area (Å²) in [5, 5.41) is 8.94. The van der Waals surface area contributed by atoms with Gasteiger partial charge in [-0.25, -0.2) is 4.98 Å². The summed E-state index contributed by atoms with van der Waals surface area (Å²) < 4.78 is 7.13. The van der Waals surface area contributed by atoms with Crippen LogP contribution in [0.5, 0.6) is 0 Å². The Morgan fingerprint density at radius 2 is 2.29 bits per heavy atom. The number of likely N-dealkylation sites (tertiary alicyclic amines) is 1. The van der Waals surface area contributed by atoms with E-state index in [1.165, 1.54) is 0 Å². The first-order valence-electron chi connectivity index (χ1n) is 8.15. The van der Waals surface area contributed by atoms with Gasteiger partial charge in [0.2, 0.25) is 0 Å². The Bertz CT molecular complexity index is 884. The monoisotopic (exact) mass is 325 g/mol. The van der Waals surface area contributed by atoms with Crippen LogP contribution in [0.1, 0.15) is 34.6 Å². The lowest BCUT2D eigenvalue weighted by atomic mass is 10.1. The van der Waals surface area contributed by atoms with Crippen molar-refractivity contribution in [2.75, 3.05) is 6.54 Å². The Labute approximate surface area is 139 Å². The fourth-order valence-corrected chi connectivity index (χ4v) is 3.46. The largest absolute Gasteiger partial charge is 0.336 e. The van der Waals surface area contributed by atoms with Gasteiger partial charge in [-0.3, -0.25) is 9.48 Å². The summed E-state index contributed by atoms with van der Waals surface area (Å²) >= 11 is 0. The van der Waals surface area contributed by atoms with Crippen LogP contribution in [-0.4, -0.2) is 43.3 Å². The van der Waals surface area contributed by atoms with E-state index in [9.17, 15) is 4.79 Å². The number of nitrogens with zero attached hydrogens (tertiary/aromatic N) is 5. The highest BCUT2D eigenvalue weighted by molar-refractivity contribution is 6.06. The van der Waals surface area contributed by atoms with Crippen molar-refractivity contribution in [1.29, 1.82) is 0 Å². The predicted octanol–water partition coefficient (Wildman–Crippen LogP) is 2.34. The van der Waals surface area contributed by atoms with E-state index < -0.39 is 0 Å². The van der Waals surface area contributed by atoms with Crippen LogP contribution in [0.25, 0.3) is 11.1 Å². The molecule has 0 aliphatic carbocycles. The first-order chi connectivity index (χ1) is 11.6. The van der Waals surface area contributed by atoms with E-state index in [-0.39, 0.29) is 11.9 Å². The summed E-state index contributed by atoms with van der Waals surface area (Å²) in [5.41, 5.74) is 2.51. The Kier molecular flexibility index (Phi) is 3.55. The lowest BCUT2D eigenvalue weighted by Gasteiger charge is -2.25. The Morgan fingerprint density at radius 3 is 3.08 bits per heavy atom. The van der Waals surface area contributed by atoms with Gasteiger partial charge in [-0.2, -0.15) is 5.10 Å². The number of rotatable bonds is 3. The Morgan fingerprint density at radius 1 is 1.42 bits per heavy atom. The zero-order chi connectivity index (χ0) is 16.7. The minimum absolute atomic E-state index is 0.0199. The minimum Gasteiger partial charge on any atom is -0.336 e. The molecule has 4 rings (SSSR count). The molecule has 4 heterocycles. The fraction of sp³-hybridized carbons (Fsp3) is 0.412. The SMILES string of the molecule is Cc1cc(C(=O)N2CCC[C@@H]2Cn2cccn2)c2c(C)noc2n1. The number of carbonyl (C=O) groups is 1. The molecule has 3 aromatic heterocycles. The molecule has 1 fully saturated rings. The second kappa shape index (κ2) is 5.74. The fourth-order valence-electron chi connectivity index (χ4n) is 3.46. The van der Waals surface area contributed by atoms with Gasteiger partial charge in [0.15, 0.2) is 0 Å². The first kappa shape index (κ1) is 14.9. The number of carbonyl (C=O) groups excluding carboxylic acids is 1. The third-order valence-electron chi connectivity index (χ3n) is 4.57. The molecule has 0 N–H and O–H groups in total. The van der Waals surface area contributed by atoms with Crippen LogP contribution >= 0.6 is 0 Å². The number of fused-ring (bicyclic) bond motifs is 1. The third kappa shape index (κ3) is 2.46. The van der Waals surface area contributed by atoms with E-state index >= 15 is 0 Å². The molecule has 1 amide bonds. The molecular formula is C17H19N5O2. The van der Waals surface area contributed by atoms with Crippen molar-refractivity contribution in [2.45, 2.75) is 39.3 Å². The van der Waals surface area contributed by atoms with Crippen molar-refractivity contribution in [3.63, 3.8) is 0 Å². The van der Waals surface area contributed by atoms with Crippen LogP contribution in [0.4, 0.5) is 0 Å². The molecule has 7 nitrogen and oxygen atoms in total. The highest BCUT2D eigenvalue weighted by atomic mass is 16.5. The molecule has 0 saturated carbocycles. The van der Waals surface area contributed by atoms with Crippen molar-refractivity contribution in [2.24, 2.45) is 0 Å². The molecule has 124 valence electrons. The summed E-state index contributed by atoms with van der Waals surface area (Å²) in [6, 6.07) is 3.89. The molecule has 1 atom stereocenters. The first-order valence-corrected chi connectivity index (χ1v) is 8.15. The summed E-state index contributed by atoms with van der Waals surface area (Å²) in [6.45, 7) is 5.18. The van der Waals surface area contributed by atoms with Gasteiger partial charge in [-0.05, 0) is 38.8 Å². The molecular weight excluding hydrogens is 306 g/mol. The number of pyridine rings is 1. The molecule has 0 spiro atoms. The second-order valence-electron chi connectivity index (χ2n) is 6.28. The maximum Gasteiger partial charge on any atom is 0.258 e. The van der Waals surface area contributed by atoms with Crippen LogP contribution in [0, 0.1) is 13.8 Å². The number of aryl methyl sites for hydroxylation is 2. The maximum atomic E-state index is 13.2. The van der Waals surface area contributed by atoms with Crippen molar-refractivity contribution >= 4 is 17.0 Å². The topological polar surface area (TPSA) is 77.0 Å². The summed E-state index contributed by atoms with van der Waals surface area (Å²) in [4.78, 5) is 19.5. The quantitative estimate of drug-likeness (QED) is 0.738. The molecule has 1 aliphatic rings. The van der Waals surface area contributed by atoms with Crippen molar-refractivity contribution in [3.8, 4) is 0 Å². The molecule has 24 heavy (non-hydrogen) atoms. The van der Waals surface area contributed by atoms with Crippen LogP contribution in [0.2, 0.25) is 0 Å². The van der Waals surface area contributed by atoms with Crippen molar-refractivity contribution < 1.29 is 9.32 Å². The summed E-state index contributed by atoms with van der Waals surface area (Å²) in [6.07, 6.45) is 5.69. The number of hydrogen-bond donors (Lipinski definition) is 0. The van der Waals surface area contributed by atoms with E-state index in [4.69, 9.17) is 4.52 Å². The Hall–Kier alpha value is -2.70. The lowest BCUT2D eigenvalue weighted by molar-refractivity contribution is 0.0723. The average molecular weight is 325 g/mol.